The SMILES string of the molecule is CC(C)c1nnn(C2(C(F)F)CC2)c1F. The molecule has 84 valence electrons. The van der Waals surface area contributed by atoms with Crippen LogP contribution in [-0.4, -0.2) is 21.4 Å². The van der Waals surface area contributed by atoms with Crippen molar-refractivity contribution in [1.82, 2.24) is 15.0 Å². The van der Waals surface area contributed by atoms with Gasteiger partial charge in [-0.15, -0.1) is 5.10 Å². The molecule has 1 aliphatic carbocycles. The molecule has 0 aliphatic heterocycles. The van der Waals surface area contributed by atoms with E-state index in [1.807, 2.05) is 0 Å². The standard InChI is InChI=1S/C9H12F3N3/c1-5(2)6-7(10)15(14-13-6)9(3-4-9)8(11)12/h5,8H,3-4H2,1-2H3. The average Bonchev–Trinajstić information content (AvgIpc) is 2.85. The van der Waals surface area contributed by atoms with Crippen molar-refractivity contribution in [2.24, 2.45) is 0 Å². The smallest absolute Gasteiger partial charge is 0.208 e. The van der Waals surface area contributed by atoms with E-state index in [1.54, 1.807) is 13.8 Å². The van der Waals surface area contributed by atoms with Gasteiger partial charge in [0, 0.05) is 5.92 Å². The molecule has 0 radical (unpaired) electrons. The first-order valence-corrected chi connectivity index (χ1v) is 4.89. The summed E-state index contributed by atoms with van der Waals surface area (Å²) in [6.45, 7) is 3.50. The van der Waals surface area contributed by atoms with Crippen LogP contribution >= 0.6 is 0 Å². The van der Waals surface area contributed by atoms with Crippen molar-refractivity contribution in [2.75, 3.05) is 0 Å². The molecule has 0 atom stereocenters. The van der Waals surface area contributed by atoms with Crippen LogP contribution in [0.15, 0.2) is 0 Å². The molecule has 0 amide bonds. The molecule has 1 aliphatic rings. The number of nitrogens with zero attached hydrogens (tertiary/aromatic N) is 3. The highest BCUT2D eigenvalue weighted by Crippen LogP contribution is 2.48. The second-order valence-electron chi connectivity index (χ2n) is 4.24. The molecule has 0 bridgehead atoms. The number of alkyl halides is 2. The monoisotopic (exact) mass is 219 g/mol. The predicted octanol–water partition coefficient (Wildman–Crippen LogP) is 2.29. The van der Waals surface area contributed by atoms with Crippen LogP contribution in [0, 0.1) is 5.95 Å². The third kappa shape index (κ3) is 1.42. The van der Waals surface area contributed by atoms with Crippen LogP contribution in [0.2, 0.25) is 0 Å². The molecule has 0 aromatic carbocycles. The van der Waals surface area contributed by atoms with Crippen molar-refractivity contribution in [3.05, 3.63) is 11.6 Å². The van der Waals surface area contributed by atoms with Crippen LogP contribution in [0.4, 0.5) is 13.2 Å². The molecule has 3 nitrogen and oxygen atoms in total. The summed E-state index contributed by atoms with van der Waals surface area (Å²) in [4.78, 5) is 0. The fourth-order valence-corrected chi connectivity index (χ4v) is 1.57. The molecule has 0 saturated heterocycles. The van der Waals surface area contributed by atoms with Crippen LogP contribution in [0.5, 0.6) is 0 Å². The summed E-state index contributed by atoms with van der Waals surface area (Å²) in [5.41, 5.74) is -1.27. The number of halogens is 3. The molecule has 1 saturated carbocycles. The quantitative estimate of drug-likeness (QED) is 0.780. The second kappa shape index (κ2) is 3.21. The van der Waals surface area contributed by atoms with Crippen LogP contribution < -0.4 is 0 Å². The van der Waals surface area contributed by atoms with Gasteiger partial charge in [0.1, 0.15) is 11.2 Å². The Labute approximate surface area is 85.3 Å². The minimum Gasteiger partial charge on any atom is -0.208 e. The van der Waals surface area contributed by atoms with Gasteiger partial charge in [0.05, 0.1) is 0 Å². The van der Waals surface area contributed by atoms with E-state index in [9.17, 15) is 13.2 Å². The van der Waals surface area contributed by atoms with E-state index in [0.29, 0.717) is 0 Å². The molecule has 0 unspecified atom stereocenters. The van der Waals surface area contributed by atoms with Crippen molar-refractivity contribution < 1.29 is 13.2 Å². The molecule has 0 N–H and O–H groups in total. The van der Waals surface area contributed by atoms with Gasteiger partial charge in [-0.2, -0.15) is 4.39 Å². The summed E-state index contributed by atoms with van der Waals surface area (Å²) in [7, 11) is 0. The van der Waals surface area contributed by atoms with Gasteiger partial charge in [-0.3, -0.25) is 0 Å². The highest BCUT2D eigenvalue weighted by molar-refractivity contribution is 5.09. The van der Waals surface area contributed by atoms with E-state index in [0.717, 1.165) is 4.68 Å². The van der Waals surface area contributed by atoms with E-state index in [4.69, 9.17) is 0 Å². The summed E-state index contributed by atoms with van der Waals surface area (Å²) in [6.07, 6.45) is -2.06. The van der Waals surface area contributed by atoms with Gasteiger partial charge >= 0.3 is 0 Å². The Kier molecular flexibility index (Phi) is 2.24. The van der Waals surface area contributed by atoms with Crippen molar-refractivity contribution in [2.45, 2.75) is 44.6 Å². The zero-order valence-electron chi connectivity index (χ0n) is 8.54. The molecular weight excluding hydrogens is 207 g/mol. The fourth-order valence-electron chi connectivity index (χ4n) is 1.57. The fraction of sp³-hybridized carbons (Fsp3) is 0.778. The van der Waals surface area contributed by atoms with Gasteiger partial charge in [0.25, 0.3) is 6.43 Å². The highest BCUT2D eigenvalue weighted by Gasteiger charge is 2.55. The van der Waals surface area contributed by atoms with Crippen molar-refractivity contribution in [3.8, 4) is 0 Å². The van der Waals surface area contributed by atoms with Gasteiger partial charge in [-0.1, -0.05) is 19.1 Å². The first-order valence-electron chi connectivity index (χ1n) is 4.89. The van der Waals surface area contributed by atoms with E-state index in [1.165, 1.54) is 0 Å². The molecule has 15 heavy (non-hydrogen) atoms. The molecule has 0 spiro atoms. The maximum Gasteiger partial charge on any atom is 0.263 e. The lowest BCUT2D eigenvalue weighted by atomic mass is 10.1. The van der Waals surface area contributed by atoms with Gasteiger partial charge < -0.3 is 0 Å². The molecule has 1 aromatic heterocycles. The summed E-state index contributed by atoms with van der Waals surface area (Å²) in [6, 6.07) is 0. The molecule has 1 fully saturated rings. The zero-order valence-corrected chi connectivity index (χ0v) is 8.54. The second-order valence-corrected chi connectivity index (χ2v) is 4.24. The minimum absolute atomic E-state index is 0.146. The first kappa shape index (κ1) is 10.4. The van der Waals surface area contributed by atoms with Crippen LogP contribution in [-0.2, 0) is 5.54 Å². The number of rotatable bonds is 3. The number of aromatic nitrogens is 3. The van der Waals surface area contributed by atoms with Crippen molar-refractivity contribution in [3.63, 3.8) is 0 Å². The molecule has 2 rings (SSSR count). The van der Waals surface area contributed by atoms with E-state index in [-0.39, 0.29) is 24.5 Å². The molecule has 1 aromatic rings. The van der Waals surface area contributed by atoms with Gasteiger partial charge in [-0.25, -0.2) is 13.5 Å². The van der Waals surface area contributed by atoms with Crippen LogP contribution in [0.25, 0.3) is 0 Å². The average molecular weight is 219 g/mol. The molecule has 1 heterocycles. The minimum atomic E-state index is -2.59. The van der Waals surface area contributed by atoms with E-state index in [2.05, 4.69) is 10.3 Å². The largest absolute Gasteiger partial charge is 0.263 e. The number of hydrogen-bond donors (Lipinski definition) is 0. The van der Waals surface area contributed by atoms with Gasteiger partial charge in [0.15, 0.2) is 0 Å². The van der Waals surface area contributed by atoms with E-state index < -0.39 is 17.9 Å². The van der Waals surface area contributed by atoms with Gasteiger partial charge in [-0.05, 0) is 12.8 Å². The Hall–Kier alpha value is -1.07. The first-order chi connectivity index (χ1) is 6.99. The molecular formula is C9H12F3N3. The highest BCUT2D eigenvalue weighted by atomic mass is 19.3. The lowest BCUT2D eigenvalue weighted by Gasteiger charge is -2.14. The Bertz CT molecular complexity index is 369. The van der Waals surface area contributed by atoms with Crippen molar-refractivity contribution in [1.29, 1.82) is 0 Å². The van der Waals surface area contributed by atoms with Crippen molar-refractivity contribution >= 4 is 0 Å². The third-order valence-corrected chi connectivity index (χ3v) is 2.78. The third-order valence-electron chi connectivity index (χ3n) is 2.78. The Morgan fingerprint density at radius 3 is 2.27 bits per heavy atom. The number of hydrogen-bond acceptors (Lipinski definition) is 2. The predicted molar refractivity (Wildman–Crippen MR) is 47.3 cm³/mol. The molecule has 6 heteroatoms. The Morgan fingerprint density at radius 2 is 1.93 bits per heavy atom. The Morgan fingerprint density at radius 1 is 1.33 bits per heavy atom. The maximum atomic E-state index is 13.7. The lowest BCUT2D eigenvalue weighted by molar-refractivity contribution is 0.0524. The van der Waals surface area contributed by atoms with E-state index >= 15 is 0 Å². The van der Waals surface area contributed by atoms with Crippen LogP contribution in [0.1, 0.15) is 38.3 Å². The summed E-state index contributed by atoms with van der Waals surface area (Å²) in [5, 5.41) is 7.11. The zero-order chi connectivity index (χ0) is 11.2. The summed E-state index contributed by atoms with van der Waals surface area (Å²) >= 11 is 0. The topological polar surface area (TPSA) is 30.7 Å². The lowest BCUT2D eigenvalue weighted by Crippen LogP contribution is -2.28. The normalized spacial score (nSPS) is 18.9. The van der Waals surface area contributed by atoms with Gasteiger partial charge in [0.2, 0.25) is 5.95 Å². The Balaban J connectivity index is 2.38. The maximum absolute atomic E-state index is 13.7. The summed E-state index contributed by atoms with van der Waals surface area (Å²) in [5.74, 6) is -0.866. The summed E-state index contributed by atoms with van der Waals surface area (Å²) < 4.78 is 39.8. The van der Waals surface area contributed by atoms with Crippen LogP contribution in [0.3, 0.4) is 0 Å².